The summed E-state index contributed by atoms with van der Waals surface area (Å²) >= 11 is 0. The number of nitrogens with one attached hydrogen (secondary N) is 1. The van der Waals surface area contributed by atoms with Crippen molar-refractivity contribution < 1.29 is 4.42 Å². The van der Waals surface area contributed by atoms with Crippen molar-refractivity contribution in [1.82, 2.24) is 5.43 Å². The van der Waals surface area contributed by atoms with Crippen molar-refractivity contribution in [3.05, 3.63) is 24.2 Å². The Kier molecular flexibility index (Phi) is 2.73. The first-order chi connectivity index (χ1) is 5.38. The minimum atomic E-state index is -0.0741. The van der Waals surface area contributed by atoms with E-state index in [4.69, 9.17) is 16.7 Å². The van der Waals surface area contributed by atoms with E-state index in [-0.39, 0.29) is 6.04 Å². The van der Waals surface area contributed by atoms with Crippen molar-refractivity contribution in [2.75, 3.05) is 0 Å². The molecule has 0 aliphatic carbocycles. The summed E-state index contributed by atoms with van der Waals surface area (Å²) in [7, 11) is 0. The molecule has 1 aromatic rings. The van der Waals surface area contributed by atoms with E-state index in [0.29, 0.717) is 6.42 Å². The van der Waals surface area contributed by atoms with Gasteiger partial charge in [-0.25, -0.2) is 5.43 Å². The van der Waals surface area contributed by atoms with Crippen LogP contribution in [0.3, 0.4) is 0 Å². The molecule has 1 unspecified atom stereocenters. The summed E-state index contributed by atoms with van der Waals surface area (Å²) in [6, 6.07) is 3.56. The highest BCUT2D eigenvalue weighted by Crippen LogP contribution is 2.14. The van der Waals surface area contributed by atoms with Gasteiger partial charge < -0.3 is 4.42 Å². The van der Waals surface area contributed by atoms with Gasteiger partial charge in [-0.2, -0.15) is 0 Å². The molecular formula is C8H10N2O. The Balaban J connectivity index is 2.65. The van der Waals surface area contributed by atoms with Gasteiger partial charge in [0.2, 0.25) is 0 Å². The quantitative estimate of drug-likeness (QED) is 0.381. The fourth-order valence-electron chi connectivity index (χ4n) is 0.849. The topological polar surface area (TPSA) is 51.2 Å². The lowest BCUT2D eigenvalue weighted by molar-refractivity contribution is 0.422. The average molecular weight is 150 g/mol. The lowest BCUT2D eigenvalue weighted by atomic mass is 10.2. The normalized spacial score (nSPS) is 12.4. The molecule has 0 aliphatic heterocycles. The molecule has 0 aromatic carbocycles. The van der Waals surface area contributed by atoms with Crippen molar-refractivity contribution in [3.63, 3.8) is 0 Å². The van der Waals surface area contributed by atoms with Crippen molar-refractivity contribution in [2.45, 2.75) is 12.5 Å². The van der Waals surface area contributed by atoms with E-state index in [9.17, 15) is 0 Å². The fourth-order valence-corrected chi connectivity index (χ4v) is 0.849. The minimum absolute atomic E-state index is 0.0741. The number of terminal acetylenes is 1. The first-order valence-electron chi connectivity index (χ1n) is 3.31. The largest absolute Gasteiger partial charge is 0.468 e. The van der Waals surface area contributed by atoms with Gasteiger partial charge in [0.05, 0.1) is 12.3 Å². The number of hydrazine groups is 1. The van der Waals surface area contributed by atoms with Gasteiger partial charge in [-0.15, -0.1) is 12.3 Å². The van der Waals surface area contributed by atoms with Crippen LogP contribution in [0, 0.1) is 12.3 Å². The van der Waals surface area contributed by atoms with Crippen molar-refractivity contribution in [2.24, 2.45) is 5.84 Å². The zero-order valence-corrected chi connectivity index (χ0v) is 6.08. The monoisotopic (exact) mass is 150 g/mol. The lowest BCUT2D eigenvalue weighted by Gasteiger charge is -2.08. The zero-order chi connectivity index (χ0) is 8.10. The Morgan fingerprint density at radius 3 is 3.09 bits per heavy atom. The van der Waals surface area contributed by atoms with Crippen LogP contribution in [-0.4, -0.2) is 0 Å². The van der Waals surface area contributed by atoms with Crippen LogP contribution >= 0.6 is 0 Å². The second-order valence-electron chi connectivity index (χ2n) is 2.14. The van der Waals surface area contributed by atoms with Crippen LogP contribution in [0.1, 0.15) is 18.2 Å². The van der Waals surface area contributed by atoms with Crippen LogP contribution < -0.4 is 11.3 Å². The van der Waals surface area contributed by atoms with Crippen LogP contribution in [0.25, 0.3) is 0 Å². The Morgan fingerprint density at radius 1 is 1.82 bits per heavy atom. The molecular weight excluding hydrogens is 140 g/mol. The summed E-state index contributed by atoms with van der Waals surface area (Å²) in [5.74, 6) is 8.52. The molecule has 0 radical (unpaired) electrons. The first kappa shape index (κ1) is 7.86. The van der Waals surface area contributed by atoms with Gasteiger partial charge in [0, 0.05) is 6.42 Å². The maximum atomic E-state index is 5.24. The summed E-state index contributed by atoms with van der Waals surface area (Å²) in [5, 5.41) is 0. The highest BCUT2D eigenvalue weighted by atomic mass is 16.3. The molecule has 0 saturated carbocycles. The van der Waals surface area contributed by atoms with Crippen molar-refractivity contribution in [3.8, 4) is 12.3 Å². The van der Waals surface area contributed by atoms with Gasteiger partial charge in [0.25, 0.3) is 0 Å². The van der Waals surface area contributed by atoms with Gasteiger partial charge >= 0.3 is 0 Å². The predicted molar refractivity (Wildman–Crippen MR) is 42.2 cm³/mol. The number of furan rings is 1. The van der Waals surface area contributed by atoms with E-state index in [0.717, 1.165) is 5.76 Å². The van der Waals surface area contributed by atoms with E-state index in [1.54, 1.807) is 12.3 Å². The minimum Gasteiger partial charge on any atom is -0.468 e. The van der Waals surface area contributed by atoms with E-state index < -0.39 is 0 Å². The van der Waals surface area contributed by atoms with Crippen LogP contribution in [-0.2, 0) is 0 Å². The van der Waals surface area contributed by atoms with Crippen LogP contribution in [0.5, 0.6) is 0 Å². The van der Waals surface area contributed by atoms with E-state index in [2.05, 4.69) is 11.3 Å². The first-order valence-corrected chi connectivity index (χ1v) is 3.31. The Bertz CT molecular complexity index is 235. The molecule has 0 saturated heterocycles. The molecule has 0 bridgehead atoms. The third kappa shape index (κ3) is 1.84. The predicted octanol–water partition coefficient (Wildman–Crippen LogP) is 0.807. The van der Waals surface area contributed by atoms with E-state index in [1.165, 1.54) is 0 Å². The Labute approximate surface area is 65.5 Å². The number of nitrogens with two attached hydrogens (primary N) is 1. The third-order valence-electron chi connectivity index (χ3n) is 1.41. The van der Waals surface area contributed by atoms with Crippen molar-refractivity contribution >= 4 is 0 Å². The van der Waals surface area contributed by atoms with Gasteiger partial charge in [-0.1, -0.05) is 0 Å². The number of rotatable bonds is 3. The molecule has 0 amide bonds. The number of hydrogen-bond acceptors (Lipinski definition) is 3. The molecule has 0 aliphatic rings. The molecule has 3 nitrogen and oxygen atoms in total. The maximum absolute atomic E-state index is 5.24. The molecule has 3 heteroatoms. The molecule has 11 heavy (non-hydrogen) atoms. The standard InChI is InChI=1S/C8H10N2O/c1-2-4-7(10-9)8-5-3-6-11-8/h1,3,5-7,10H,4,9H2. The highest BCUT2D eigenvalue weighted by molar-refractivity contribution is 5.07. The highest BCUT2D eigenvalue weighted by Gasteiger charge is 2.09. The second-order valence-corrected chi connectivity index (χ2v) is 2.14. The summed E-state index contributed by atoms with van der Waals surface area (Å²) < 4.78 is 5.10. The molecule has 0 spiro atoms. The lowest BCUT2D eigenvalue weighted by Crippen LogP contribution is -2.27. The summed E-state index contributed by atoms with van der Waals surface area (Å²) in [5.41, 5.74) is 2.57. The molecule has 58 valence electrons. The fraction of sp³-hybridized carbons (Fsp3) is 0.250. The number of hydrogen-bond donors (Lipinski definition) is 2. The summed E-state index contributed by atoms with van der Waals surface area (Å²) in [6.07, 6.45) is 7.25. The van der Waals surface area contributed by atoms with Gasteiger partial charge in [0.15, 0.2) is 0 Å². The second kappa shape index (κ2) is 3.81. The molecule has 1 heterocycles. The summed E-state index contributed by atoms with van der Waals surface area (Å²) in [6.45, 7) is 0. The molecule has 0 fully saturated rings. The molecule has 3 N–H and O–H groups in total. The Hall–Kier alpha value is -1.24. The van der Waals surface area contributed by atoms with Crippen LogP contribution in [0.15, 0.2) is 22.8 Å². The van der Waals surface area contributed by atoms with Crippen LogP contribution in [0.4, 0.5) is 0 Å². The van der Waals surface area contributed by atoms with Crippen molar-refractivity contribution in [1.29, 1.82) is 0 Å². The summed E-state index contributed by atoms with van der Waals surface area (Å²) in [4.78, 5) is 0. The van der Waals surface area contributed by atoms with Gasteiger partial charge in [0.1, 0.15) is 5.76 Å². The van der Waals surface area contributed by atoms with Gasteiger partial charge in [-0.3, -0.25) is 5.84 Å². The Morgan fingerprint density at radius 2 is 2.64 bits per heavy atom. The smallest absolute Gasteiger partial charge is 0.122 e. The third-order valence-corrected chi connectivity index (χ3v) is 1.41. The van der Waals surface area contributed by atoms with E-state index >= 15 is 0 Å². The average Bonchev–Trinajstić information content (AvgIpc) is 2.52. The molecule has 1 rings (SSSR count). The van der Waals surface area contributed by atoms with E-state index in [1.807, 2.05) is 6.07 Å². The SMILES string of the molecule is C#CCC(NN)c1ccco1. The zero-order valence-electron chi connectivity index (χ0n) is 6.08. The van der Waals surface area contributed by atoms with Gasteiger partial charge in [-0.05, 0) is 12.1 Å². The van der Waals surface area contributed by atoms with Crippen LogP contribution in [0.2, 0.25) is 0 Å². The maximum Gasteiger partial charge on any atom is 0.122 e. The molecule has 1 atom stereocenters. The molecule has 1 aromatic heterocycles.